The Morgan fingerprint density at radius 2 is 1.05 bits per heavy atom. The fourth-order valence-electron chi connectivity index (χ4n) is 8.64. The Hall–Kier alpha value is -3.65. The smallest absolute Gasteiger partial charge is 0.236 e. The molecule has 4 saturated carbocycles. The van der Waals surface area contributed by atoms with Crippen molar-refractivity contribution in [3.63, 3.8) is 0 Å². The summed E-state index contributed by atoms with van der Waals surface area (Å²) in [6, 6.07) is 40.3. The molecule has 4 aromatic rings. The lowest BCUT2D eigenvalue weighted by molar-refractivity contribution is -0.116. The van der Waals surface area contributed by atoms with Gasteiger partial charge in [-0.15, -0.1) is 0 Å². The highest BCUT2D eigenvalue weighted by Crippen LogP contribution is 2.66. The first-order chi connectivity index (χ1) is 18.6. The van der Waals surface area contributed by atoms with Crippen molar-refractivity contribution >= 4 is 11.6 Å². The third kappa shape index (κ3) is 4.07. The zero-order valence-electron chi connectivity index (χ0n) is 21.9. The SMILES string of the molecule is O=C(Nc1ccc(C23CC4CC(CC(c5ccccc5)(C4)C2)C3)cc1)C(c1ccccc1)c1ccccc1. The van der Waals surface area contributed by atoms with Crippen molar-refractivity contribution in [2.24, 2.45) is 11.8 Å². The zero-order chi connectivity index (χ0) is 25.6. The van der Waals surface area contributed by atoms with Crippen LogP contribution in [0.15, 0.2) is 115 Å². The first kappa shape index (κ1) is 23.5. The number of hydrogen-bond donors (Lipinski definition) is 1. The van der Waals surface area contributed by atoms with Crippen molar-refractivity contribution in [1.82, 2.24) is 0 Å². The minimum absolute atomic E-state index is 0.00739. The van der Waals surface area contributed by atoms with Gasteiger partial charge in [-0.3, -0.25) is 4.79 Å². The maximum atomic E-state index is 13.6. The number of carbonyl (C=O) groups is 1. The number of benzene rings is 4. The third-order valence-corrected chi connectivity index (χ3v) is 9.74. The van der Waals surface area contributed by atoms with Crippen molar-refractivity contribution in [3.05, 3.63) is 138 Å². The van der Waals surface area contributed by atoms with E-state index in [-0.39, 0.29) is 17.2 Å². The molecule has 38 heavy (non-hydrogen) atoms. The molecule has 0 aromatic heterocycles. The molecule has 190 valence electrons. The van der Waals surface area contributed by atoms with Gasteiger partial charge < -0.3 is 5.32 Å². The zero-order valence-corrected chi connectivity index (χ0v) is 21.9. The van der Waals surface area contributed by atoms with E-state index in [1.54, 1.807) is 5.56 Å². The van der Waals surface area contributed by atoms with E-state index in [2.05, 4.69) is 59.9 Å². The van der Waals surface area contributed by atoms with Crippen molar-refractivity contribution in [1.29, 1.82) is 0 Å². The molecule has 8 rings (SSSR count). The summed E-state index contributed by atoms with van der Waals surface area (Å²) in [5.74, 6) is 1.32. The molecule has 0 saturated heterocycles. The summed E-state index contributed by atoms with van der Waals surface area (Å²) < 4.78 is 0. The Morgan fingerprint density at radius 1 is 0.605 bits per heavy atom. The second kappa shape index (κ2) is 9.27. The van der Waals surface area contributed by atoms with Gasteiger partial charge in [0.1, 0.15) is 0 Å². The minimum atomic E-state index is -0.342. The van der Waals surface area contributed by atoms with Gasteiger partial charge >= 0.3 is 0 Å². The monoisotopic (exact) mass is 497 g/mol. The molecule has 2 unspecified atom stereocenters. The summed E-state index contributed by atoms with van der Waals surface area (Å²) in [6.45, 7) is 0. The molecule has 4 fully saturated rings. The maximum Gasteiger partial charge on any atom is 0.236 e. The number of hydrogen-bond acceptors (Lipinski definition) is 1. The van der Waals surface area contributed by atoms with E-state index in [4.69, 9.17) is 0 Å². The van der Waals surface area contributed by atoms with Crippen LogP contribution in [0, 0.1) is 11.8 Å². The van der Waals surface area contributed by atoms with Crippen LogP contribution in [-0.4, -0.2) is 5.91 Å². The van der Waals surface area contributed by atoms with Gasteiger partial charge in [-0.05, 0) is 95.6 Å². The molecule has 1 amide bonds. The van der Waals surface area contributed by atoms with Crippen LogP contribution < -0.4 is 5.32 Å². The predicted octanol–water partition coefficient (Wildman–Crippen LogP) is 8.25. The molecule has 0 radical (unpaired) electrons. The Balaban J connectivity index is 1.15. The molecule has 1 N–H and O–H groups in total. The first-order valence-corrected chi connectivity index (χ1v) is 14.2. The van der Waals surface area contributed by atoms with Crippen molar-refractivity contribution < 1.29 is 4.79 Å². The highest BCUT2D eigenvalue weighted by atomic mass is 16.1. The summed E-state index contributed by atoms with van der Waals surface area (Å²) in [7, 11) is 0. The van der Waals surface area contributed by atoms with Crippen LogP contribution in [0.4, 0.5) is 5.69 Å². The van der Waals surface area contributed by atoms with Gasteiger partial charge in [0.25, 0.3) is 0 Å². The van der Waals surface area contributed by atoms with Crippen LogP contribution in [0.3, 0.4) is 0 Å². The second-order valence-electron chi connectivity index (χ2n) is 12.2. The number of rotatable bonds is 6. The molecule has 4 aromatic carbocycles. The Morgan fingerprint density at radius 3 is 1.55 bits per heavy atom. The highest BCUT2D eigenvalue weighted by molar-refractivity contribution is 5.98. The molecule has 2 heteroatoms. The molecule has 4 bridgehead atoms. The van der Waals surface area contributed by atoms with Gasteiger partial charge in [-0.1, -0.05) is 103 Å². The predicted molar refractivity (Wildman–Crippen MR) is 154 cm³/mol. The molecule has 2 atom stereocenters. The lowest BCUT2D eigenvalue weighted by Crippen LogP contribution is -2.55. The summed E-state index contributed by atoms with van der Waals surface area (Å²) in [4.78, 5) is 13.6. The maximum absolute atomic E-state index is 13.6. The normalized spacial score (nSPS) is 27.4. The van der Waals surface area contributed by atoms with Crippen LogP contribution in [0.2, 0.25) is 0 Å². The number of amides is 1. The number of anilines is 1. The summed E-state index contributed by atoms with van der Waals surface area (Å²) in [6.07, 6.45) is 7.99. The largest absolute Gasteiger partial charge is 0.325 e. The van der Waals surface area contributed by atoms with Crippen LogP contribution >= 0.6 is 0 Å². The van der Waals surface area contributed by atoms with Gasteiger partial charge in [0.2, 0.25) is 5.91 Å². The van der Waals surface area contributed by atoms with Crippen LogP contribution in [0.25, 0.3) is 0 Å². The van der Waals surface area contributed by atoms with E-state index < -0.39 is 0 Å². The van der Waals surface area contributed by atoms with E-state index in [9.17, 15) is 4.79 Å². The third-order valence-electron chi connectivity index (χ3n) is 9.74. The van der Waals surface area contributed by atoms with E-state index >= 15 is 0 Å². The highest BCUT2D eigenvalue weighted by Gasteiger charge is 2.58. The van der Waals surface area contributed by atoms with Gasteiger partial charge in [0.15, 0.2) is 0 Å². The molecule has 4 aliphatic carbocycles. The van der Waals surface area contributed by atoms with Gasteiger partial charge in [0.05, 0.1) is 5.92 Å². The van der Waals surface area contributed by atoms with Crippen LogP contribution in [0.1, 0.15) is 66.7 Å². The average Bonchev–Trinajstić information content (AvgIpc) is 2.94. The Kier molecular flexibility index (Phi) is 5.73. The molecular weight excluding hydrogens is 462 g/mol. The summed E-state index contributed by atoms with van der Waals surface area (Å²) in [5, 5.41) is 3.23. The van der Waals surface area contributed by atoms with E-state index in [0.29, 0.717) is 5.41 Å². The van der Waals surface area contributed by atoms with Crippen molar-refractivity contribution in [2.75, 3.05) is 5.32 Å². The molecule has 4 aliphatic rings. The van der Waals surface area contributed by atoms with Crippen molar-refractivity contribution in [2.45, 2.75) is 55.3 Å². The molecular formula is C36H35NO. The van der Waals surface area contributed by atoms with Crippen LogP contribution in [0.5, 0.6) is 0 Å². The van der Waals surface area contributed by atoms with Crippen molar-refractivity contribution in [3.8, 4) is 0 Å². The topological polar surface area (TPSA) is 29.1 Å². The summed E-state index contributed by atoms with van der Waals surface area (Å²) >= 11 is 0. The number of carbonyl (C=O) groups excluding carboxylic acids is 1. The van der Waals surface area contributed by atoms with E-state index in [1.807, 2.05) is 60.7 Å². The molecule has 0 spiro atoms. The fraction of sp³-hybridized carbons (Fsp3) is 0.306. The Labute approximate surface area is 226 Å². The lowest BCUT2D eigenvalue weighted by atomic mass is 9.42. The minimum Gasteiger partial charge on any atom is -0.325 e. The molecule has 0 aliphatic heterocycles. The van der Waals surface area contributed by atoms with Crippen LogP contribution in [-0.2, 0) is 15.6 Å². The Bertz CT molecular complexity index is 1360. The van der Waals surface area contributed by atoms with Gasteiger partial charge in [0, 0.05) is 5.69 Å². The second-order valence-corrected chi connectivity index (χ2v) is 12.2. The fourth-order valence-corrected chi connectivity index (χ4v) is 8.64. The van der Waals surface area contributed by atoms with E-state index in [1.165, 1.54) is 44.1 Å². The molecule has 0 heterocycles. The quantitative estimate of drug-likeness (QED) is 0.285. The average molecular weight is 498 g/mol. The van der Waals surface area contributed by atoms with Gasteiger partial charge in [-0.25, -0.2) is 0 Å². The number of nitrogens with one attached hydrogen (secondary N) is 1. The standard InChI is InChI=1S/C36H35NO/c38-34(33(28-10-4-1-5-11-28)29-12-6-2-7-13-29)37-32-18-16-31(17-19-32)36-23-26-20-27(24-36)22-35(21-26,25-36)30-14-8-3-9-15-30/h1-19,26-27,33H,20-25H2,(H,37,38). The summed E-state index contributed by atoms with van der Waals surface area (Å²) in [5.41, 5.74) is 6.50. The lowest BCUT2D eigenvalue weighted by Gasteiger charge is -2.62. The van der Waals surface area contributed by atoms with E-state index in [0.717, 1.165) is 28.7 Å². The molecule has 2 nitrogen and oxygen atoms in total. The van der Waals surface area contributed by atoms with Gasteiger partial charge in [-0.2, -0.15) is 0 Å². The first-order valence-electron chi connectivity index (χ1n) is 14.2.